The molecule has 0 radical (unpaired) electrons. The monoisotopic (exact) mass is 1330 g/mol. The second-order valence-corrected chi connectivity index (χ2v) is 34.6. The van der Waals surface area contributed by atoms with E-state index in [1.165, 1.54) is 494 Å². The SMILES string of the molecule is CCCCCCCC1CCC(CCCCCCCCCCCCCCCCCCCCCCCCCCCCCCCCCCC(CCCCCC)CCCCCCCCCCCCCCCCCCCCCCCCCCCCCCC2CCC(CCCCCCC)C2)C1. The van der Waals surface area contributed by atoms with Gasteiger partial charge in [-0.1, -0.05) is 567 Å². The number of rotatable bonds is 83. The maximum absolute atomic E-state index is 2.37. The molecular formula is C95H188. The zero-order valence-corrected chi connectivity index (χ0v) is 67.4. The molecule has 0 nitrogen and oxygen atoms in total. The molecule has 0 spiro atoms. The molecule has 0 saturated heterocycles. The van der Waals surface area contributed by atoms with E-state index in [0.29, 0.717) is 0 Å². The van der Waals surface area contributed by atoms with Crippen LogP contribution >= 0.6 is 0 Å². The van der Waals surface area contributed by atoms with Gasteiger partial charge in [0.1, 0.15) is 0 Å². The Hall–Kier alpha value is 0. The summed E-state index contributed by atoms with van der Waals surface area (Å²) < 4.78 is 0. The highest BCUT2D eigenvalue weighted by Crippen LogP contribution is 2.39. The molecular weight excluding hydrogens is 1140 g/mol. The largest absolute Gasteiger partial charge is 0.0654 e. The molecule has 2 aliphatic rings. The molecule has 2 aliphatic carbocycles. The lowest BCUT2D eigenvalue weighted by Crippen LogP contribution is -2.01. The topological polar surface area (TPSA) is 0 Å². The Morgan fingerprint density at radius 1 is 0.147 bits per heavy atom. The summed E-state index contributed by atoms with van der Waals surface area (Å²) in [6.45, 7) is 7.04. The van der Waals surface area contributed by atoms with E-state index < -0.39 is 0 Å². The summed E-state index contributed by atoms with van der Waals surface area (Å²) in [4.78, 5) is 0. The van der Waals surface area contributed by atoms with E-state index in [2.05, 4.69) is 20.8 Å². The quantitative estimate of drug-likeness (QED) is 0.0533. The van der Waals surface area contributed by atoms with E-state index in [0.717, 1.165) is 29.6 Å². The first-order valence-corrected chi connectivity index (χ1v) is 47.2. The molecule has 5 unspecified atom stereocenters. The average Bonchev–Trinajstić information content (AvgIpc) is 3.62. The predicted molar refractivity (Wildman–Crippen MR) is 436 cm³/mol. The fourth-order valence-corrected chi connectivity index (χ4v) is 18.4. The van der Waals surface area contributed by atoms with Crippen LogP contribution in [0.25, 0.3) is 0 Å². The van der Waals surface area contributed by atoms with Crippen molar-refractivity contribution in [2.45, 2.75) is 579 Å². The molecule has 0 N–H and O–H groups in total. The third-order valence-electron chi connectivity index (χ3n) is 25.1. The summed E-state index contributed by atoms with van der Waals surface area (Å²) >= 11 is 0. The van der Waals surface area contributed by atoms with Gasteiger partial charge >= 0.3 is 0 Å². The minimum Gasteiger partial charge on any atom is -0.0654 e. The maximum Gasteiger partial charge on any atom is -0.0412 e. The molecule has 2 saturated carbocycles. The van der Waals surface area contributed by atoms with Crippen molar-refractivity contribution in [1.29, 1.82) is 0 Å². The lowest BCUT2D eigenvalue weighted by atomic mass is 9.89. The van der Waals surface area contributed by atoms with Crippen molar-refractivity contribution in [2.75, 3.05) is 0 Å². The normalized spacial score (nSPS) is 17.0. The van der Waals surface area contributed by atoms with E-state index in [1.54, 1.807) is 64.2 Å². The van der Waals surface area contributed by atoms with Crippen molar-refractivity contribution >= 4 is 0 Å². The number of hydrogen-bond donors (Lipinski definition) is 0. The Kier molecular flexibility index (Phi) is 74.9. The zero-order chi connectivity index (χ0) is 67.4. The van der Waals surface area contributed by atoms with E-state index in [9.17, 15) is 0 Å². The fourth-order valence-electron chi connectivity index (χ4n) is 18.4. The Balaban J connectivity index is 1.19. The predicted octanol–water partition coefficient (Wildman–Crippen LogP) is 36.1. The van der Waals surface area contributed by atoms with Gasteiger partial charge in [0.05, 0.1) is 0 Å². The van der Waals surface area contributed by atoms with Crippen LogP contribution in [0.2, 0.25) is 0 Å². The van der Waals surface area contributed by atoms with Crippen LogP contribution in [0.4, 0.5) is 0 Å². The molecule has 2 rings (SSSR count). The average molecular weight is 1330 g/mol. The summed E-state index contributed by atoms with van der Waals surface area (Å²) in [5.74, 6) is 5.39. The van der Waals surface area contributed by atoms with E-state index in [-0.39, 0.29) is 0 Å². The smallest absolute Gasteiger partial charge is 0.0412 e. The molecule has 0 heteroatoms. The van der Waals surface area contributed by atoms with Gasteiger partial charge in [-0.15, -0.1) is 0 Å². The van der Waals surface area contributed by atoms with Crippen LogP contribution in [-0.2, 0) is 0 Å². The Morgan fingerprint density at radius 3 is 0.411 bits per heavy atom. The van der Waals surface area contributed by atoms with Crippen LogP contribution in [0.5, 0.6) is 0 Å². The standard InChI is InChI=1S/C95H188/c1-4-7-10-65-74-81-92-85-87-94(89-92)83-76-69-63-59-55-51-47-43-39-35-31-27-23-18-16-14-13-15-17-21-25-29-33-37-41-45-49-53-57-61-67-72-79-91(78-71-12-9-6-3)80-73-68-62-58-54-50-46-42-38-34-30-26-22-19-20-24-28-32-36-40-44-48-52-56-60-64-70-77-84-95-88-86-93(90-95)82-75-66-11-8-5-2/h91-95H,4-90H2,1-3H3. The highest BCUT2D eigenvalue weighted by molar-refractivity contribution is 4.77. The van der Waals surface area contributed by atoms with Gasteiger partial charge in [0, 0.05) is 0 Å². The second kappa shape index (κ2) is 78.1. The van der Waals surface area contributed by atoms with Crippen molar-refractivity contribution in [3.8, 4) is 0 Å². The summed E-state index contributed by atoms with van der Waals surface area (Å²) in [6.07, 6.45) is 131. The van der Waals surface area contributed by atoms with Crippen LogP contribution < -0.4 is 0 Å². The third-order valence-corrected chi connectivity index (χ3v) is 25.1. The zero-order valence-electron chi connectivity index (χ0n) is 67.4. The van der Waals surface area contributed by atoms with Crippen LogP contribution in [0.15, 0.2) is 0 Å². The summed E-state index contributed by atoms with van der Waals surface area (Å²) in [6, 6.07) is 0. The van der Waals surface area contributed by atoms with Gasteiger partial charge in [0.15, 0.2) is 0 Å². The number of unbranched alkanes of at least 4 members (excludes halogenated alkanes) is 69. The first-order chi connectivity index (χ1) is 47.2. The van der Waals surface area contributed by atoms with E-state index in [1.807, 2.05) is 0 Å². The molecule has 2 fully saturated rings. The molecule has 568 valence electrons. The minimum atomic E-state index is 1.03. The van der Waals surface area contributed by atoms with Gasteiger partial charge in [0.2, 0.25) is 0 Å². The Morgan fingerprint density at radius 2 is 0.263 bits per heavy atom. The van der Waals surface area contributed by atoms with Crippen LogP contribution in [-0.4, -0.2) is 0 Å². The van der Waals surface area contributed by atoms with Crippen molar-refractivity contribution in [3.05, 3.63) is 0 Å². The molecule has 0 aliphatic heterocycles. The van der Waals surface area contributed by atoms with E-state index in [4.69, 9.17) is 0 Å². The Bertz CT molecular complexity index is 1360. The van der Waals surface area contributed by atoms with Crippen molar-refractivity contribution in [2.24, 2.45) is 29.6 Å². The lowest BCUT2D eigenvalue weighted by Gasteiger charge is -2.17. The summed E-state index contributed by atoms with van der Waals surface area (Å²) in [5, 5.41) is 0. The molecule has 95 heavy (non-hydrogen) atoms. The molecule has 0 aromatic rings. The first-order valence-electron chi connectivity index (χ1n) is 47.2. The van der Waals surface area contributed by atoms with E-state index >= 15 is 0 Å². The minimum absolute atomic E-state index is 1.03. The maximum atomic E-state index is 2.37. The third kappa shape index (κ3) is 68.2. The summed E-state index contributed by atoms with van der Waals surface area (Å²) in [7, 11) is 0. The van der Waals surface area contributed by atoms with Gasteiger partial charge in [0.25, 0.3) is 0 Å². The fraction of sp³-hybridized carbons (Fsp3) is 1.00. The number of hydrogen-bond acceptors (Lipinski definition) is 0. The van der Waals surface area contributed by atoms with Crippen molar-refractivity contribution in [1.82, 2.24) is 0 Å². The van der Waals surface area contributed by atoms with Gasteiger partial charge in [-0.3, -0.25) is 0 Å². The molecule has 0 aromatic carbocycles. The first kappa shape index (κ1) is 91.1. The van der Waals surface area contributed by atoms with Crippen molar-refractivity contribution < 1.29 is 0 Å². The van der Waals surface area contributed by atoms with Crippen LogP contribution in [0, 0.1) is 29.6 Å². The second-order valence-electron chi connectivity index (χ2n) is 34.6. The lowest BCUT2D eigenvalue weighted by molar-refractivity contribution is 0.366. The van der Waals surface area contributed by atoms with Gasteiger partial charge in [-0.25, -0.2) is 0 Å². The highest BCUT2D eigenvalue weighted by atomic mass is 14.3. The van der Waals surface area contributed by atoms with Gasteiger partial charge in [-0.2, -0.15) is 0 Å². The summed E-state index contributed by atoms with van der Waals surface area (Å²) in [5.41, 5.74) is 0. The Labute approximate surface area is 605 Å². The van der Waals surface area contributed by atoms with Gasteiger partial charge in [-0.05, 0) is 42.4 Å². The molecule has 0 bridgehead atoms. The van der Waals surface area contributed by atoms with Crippen LogP contribution in [0.1, 0.15) is 579 Å². The van der Waals surface area contributed by atoms with Gasteiger partial charge < -0.3 is 0 Å². The van der Waals surface area contributed by atoms with Crippen LogP contribution in [0.3, 0.4) is 0 Å². The molecule has 5 atom stereocenters. The highest BCUT2D eigenvalue weighted by Gasteiger charge is 2.25. The molecule has 0 heterocycles. The molecule has 0 amide bonds. The molecule has 0 aromatic heterocycles. The van der Waals surface area contributed by atoms with Crippen molar-refractivity contribution in [3.63, 3.8) is 0 Å².